The van der Waals surface area contributed by atoms with Crippen LogP contribution in [0.2, 0.25) is 0 Å². The minimum absolute atomic E-state index is 0.0192. The number of nitrogens with zero attached hydrogens (tertiary/aromatic N) is 3. The Morgan fingerprint density at radius 3 is 2.25 bits per heavy atom. The molecule has 1 aromatic heterocycles. The van der Waals surface area contributed by atoms with Gasteiger partial charge in [0.2, 0.25) is 5.91 Å². The van der Waals surface area contributed by atoms with Crippen LogP contribution in [-0.4, -0.2) is 73.4 Å². The number of para-hydroxylation sites is 1. The number of carbonyl (C=O) groups excluding carboxylic acids is 2. The lowest BCUT2D eigenvalue weighted by molar-refractivity contribution is -0.133. The summed E-state index contributed by atoms with van der Waals surface area (Å²) in [5.74, 6) is -0.127. The largest absolute Gasteiger partial charge is 0.385 e. The van der Waals surface area contributed by atoms with Crippen LogP contribution in [0.5, 0.6) is 0 Å². The minimum Gasteiger partial charge on any atom is -0.385 e. The Hall–Kier alpha value is -2.84. The van der Waals surface area contributed by atoms with Crippen LogP contribution in [0, 0.1) is 13.8 Å². The molecule has 2 rings (SSSR count). The molecule has 0 saturated carbocycles. The van der Waals surface area contributed by atoms with Gasteiger partial charge in [-0.05, 0) is 43.5 Å². The third kappa shape index (κ3) is 7.39. The molecule has 32 heavy (non-hydrogen) atoms. The van der Waals surface area contributed by atoms with Gasteiger partial charge in [0.15, 0.2) is 0 Å². The van der Waals surface area contributed by atoms with Gasteiger partial charge in [0, 0.05) is 58.5 Å². The Morgan fingerprint density at radius 1 is 0.969 bits per heavy atom. The number of carbonyl (C=O) groups is 2. The molecule has 2 aromatic rings. The third-order valence-corrected chi connectivity index (χ3v) is 5.43. The normalized spacial score (nSPS) is 10.8. The van der Waals surface area contributed by atoms with Crippen molar-refractivity contribution in [1.82, 2.24) is 14.4 Å². The fraction of sp³-hybridized carbons (Fsp3) is 0.500. The molecule has 8 heteroatoms. The zero-order valence-electron chi connectivity index (χ0n) is 19.9. The molecule has 1 N–H and O–H groups in total. The van der Waals surface area contributed by atoms with Gasteiger partial charge < -0.3 is 29.2 Å². The van der Waals surface area contributed by atoms with E-state index in [0.717, 1.165) is 22.5 Å². The van der Waals surface area contributed by atoms with E-state index in [4.69, 9.17) is 9.47 Å². The van der Waals surface area contributed by atoms with Crippen LogP contribution in [0.25, 0.3) is 0 Å². The molecule has 8 nitrogen and oxygen atoms in total. The molecule has 1 aromatic carbocycles. The number of amides is 3. The standard InChI is InChI=1S/C24H36N4O4/c1-19-9-6-10-20(2)23(19)25-24(30)28(13-8-15-31-4)18-22(29)27(14-16-32-5)17-21-11-7-12-26(21)3/h6-7,9-12H,8,13-18H2,1-5H3,(H,25,30). The van der Waals surface area contributed by atoms with Gasteiger partial charge in [-0.2, -0.15) is 0 Å². The van der Waals surface area contributed by atoms with Crippen molar-refractivity contribution < 1.29 is 19.1 Å². The lowest BCUT2D eigenvalue weighted by atomic mass is 10.1. The predicted octanol–water partition coefficient (Wildman–Crippen LogP) is 3.19. The Labute approximate surface area is 191 Å². The van der Waals surface area contributed by atoms with Gasteiger partial charge in [0.25, 0.3) is 0 Å². The lowest BCUT2D eigenvalue weighted by Gasteiger charge is -2.28. The van der Waals surface area contributed by atoms with Crippen LogP contribution in [0.4, 0.5) is 10.5 Å². The summed E-state index contributed by atoms with van der Waals surface area (Å²) in [6.07, 6.45) is 2.59. The molecular formula is C24H36N4O4. The van der Waals surface area contributed by atoms with E-state index >= 15 is 0 Å². The number of methoxy groups -OCH3 is 2. The summed E-state index contributed by atoms with van der Waals surface area (Å²) in [5, 5.41) is 2.99. The van der Waals surface area contributed by atoms with Crippen LogP contribution < -0.4 is 5.32 Å². The molecule has 0 bridgehead atoms. The topological polar surface area (TPSA) is 76.0 Å². The van der Waals surface area contributed by atoms with Gasteiger partial charge in [0.1, 0.15) is 6.54 Å². The zero-order valence-corrected chi connectivity index (χ0v) is 19.9. The Kier molecular flexibility index (Phi) is 10.2. The number of anilines is 1. The van der Waals surface area contributed by atoms with E-state index in [1.807, 2.05) is 62.0 Å². The predicted molar refractivity (Wildman–Crippen MR) is 126 cm³/mol. The highest BCUT2D eigenvalue weighted by Crippen LogP contribution is 2.20. The smallest absolute Gasteiger partial charge is 0.322 e. The van der Waals surface area contributed by atoms with E-state index in [-0.39, 0.29) is 18.5 Å². The lowest BCUT2D eigenvalue weighted by Crippen LogP contribution is -2.46. The first-order chi connectivity index (χ1) is 15.4. The third-order valence-electron chi connectivity index (χ3n) is 5.43. The second kappa shape index (κ2) is 12.9. The van der Waals surface area contributed by atoms with Gasteiger partial charge in [-0.1, -0.05) is 18.2 Å². The minimum atomic E-state index is -0.294. The molecule has 0 saturated heterocycles. The molecule has 0 unspecified atom stereocenters. The summed E-state index contributed by atoms with van der Waals surface area (Å²) in [5.41, 5.74) is 3.75. The number of urea groups is 1. The van der Waals surface area contributed by atoms with Crippen LogP contribution in [0.1, 0.15) is 23.2 Å². The maximum atomic E-state index is 13.2. The first-order valence-electron chi connectivity index (χ1n) is 10.8. The SMILES string of the molecule is COCCCN(CC(=O)N(CCOC)Cc1cccn1C)C(=O)Nc1c(C)cccc1C. The Balaban J connectivity index is 2.15. The number of benzene rings is 1. The van der Waals surface area contributed by atoms with E-state index in [9.17, 15) is 9.59 Å². The number of hydrogen-bond donors (Lipinski definition) is 1. The molecule has 0 aliphatic rings. The van der Waals surface area contributed by atoms with Gasteiger partial charge in [-0.25, -0.2) is 4.79 Å². The fourth-order valence-corrected chi connectivity index (χ4v) is 3.46. The summed E-state index contributed by atoms with van der Waals surface area (Å²) in [6, 6.07) is 9.50. The van der Waals surface area contributed by atoms with E-state index < -0.39 is 0 Å². The molecule has 176 valence electrons. The van der Waals surface area contributed by atoms with E-state index in [0.29, 0.717) is 39.3 Å². The van der Waals surface area contributed by atoms with Crippen molar-refractivity contribution in [3.63, 3.8) is 0 Å². The Morgan fingerprint density at radius 2 is 1.66 bits per heavy atom. The van der Waals surface area contributed by atoms with Crippen molar-refractivity contribution in [1.29, 1.82) is 0 Å². The first kappa shape index (κ1) is 25.4. The maximum Gasteiger partial charge on any atom is 0.322 e. The van der Waals surface area contributed by atoms with Crippen molar-refractivity contribution in [3.8, 4) is 0 Å². The van der Waals surface area contributed by atoms with E-state index in [1.165, 1.54) is 0 Å². The molecule has 0 aliphatic carbocycles. The Bertz CT molecular complexity index is 860. The second-order valence-electron chi connectivity index (χ2n) is 7.88. The number of rotatable bonds is 12. The average molecular weight is 445 g/mol. The molecule has 0 atom stereocenters. The summed E-state index contributed by atoms with van der Waals surface area (Å²) in [4.78, 5) is 29.6. The zero-order chi connectivity index (χ0) is 23.5. The number of hydrogen-bond acceptors (Lipinski definition) is 4. The van der Waals surface area contributed by atoms with Gasteiger partial charge >= 0.3 is 6.03 Å². The molecule has 0 aliphatic heterocycles. The van der Waals surface area contributed by atoms with Crippen LogP contribution in [-0.2, 0) is 27.9 Å². The fourth-order valence-electron chi connectivity index (χ4n) is 3.46. The maximum absolute atomic E-state index is 13.2. The highest BCUT2D eigenvalue weighted by atomic mass is 16.5. The van der Waals surface area contributed by atoms with Crippen molar-refractivity contribution in [3.05, 3.63) is 53.3 Å². The van der Waals surface area contributed by atoms with Crippen LogP contribution >= 0.6 is 0 Å². The molecule has 0 radical (unpaired) electrons. The van der Waals surface area contributed by atoms with Crippen LogP contribution in [0.3, 0.4) is 0 Å². The summed E-state index contributed by atoms with van der Waals surface area (Å²) < 4.78 is 12.3. The number of nitrogens with one attached hydrogen (secondary N) is 1. The molecular weight excluding hydrogens is 408 g/mol. The van der Waals surface area contributed by atoms with Crippen molar-refractivity contribution in [2.24, 2.45) is 7.05 Å². The number of aromatic nitrogens is 1. The summed E-state index contributed by atoms with van der Waals surface area (Å²) >= 11 is 0. The quantitative estimate of drug-likeness (QED) is 0.510. The van der Waals surface area contributed by atoms with Gasteiger partial charge in [-0.15, -0.1) is 0 Å². The number of aryl methyl sites for hydroxylation is 3. The van der Waals surface area contributed by atoms with Crippen molar-refractivity contribution in [2.75, 3.05) is 52.4 Å². The molecule has 0 fully saturated rings. The van der Waals surface area contributed by atoms with Gasteiger partial charge in [-0.3, -0.25) is 4.79 Å². The van der Waals surface area contributed by atoms with E-state index in [1.54, 1.807) is 24.0 Å². The number of ether oxygens (including phenoxy) is 2. The average Bonchev–Trinajstić information content (AvgIpc) is 3.17. The van der Waals surface area contributed by atoms with E-state index in [2.05, 4.69) is 5.32 Å². The first-order valence-corrected chi connectivity index (χ1v) is 10.8. The molecule has 3 amide bonds. The summed E-state index contributed by atoms with van der Waals surface area (Å²) in [6.45, 7) is 6.14. The highest BCUT2D eigenvalue weighted by molar-refractivity contribution is 5.93. The second-order valence-corrected chi connectivity index (χ2v) is 7.88. The molecule has 1 heterocycles. The highest BCUT2D eigenvalue weighted by Gasteiger charge is 2.22. The monoisotopic (exact) mass is 444 g/mol. The summed E-state index contributed by atoms with van der Waals surface area (Å²) in [7, 11) is 5.18. The van der Waals surface area contributed by atoms with Crippen molar-refractivity contribution >= 4 is 17.6 Å². The molecule has 0 spiro atoms. The van der Waals surface area contributed by atoms with Crippen molar-refractivity contribution in [2.45, 2.75) is 26.8 Å². The van der Waals surface area contributed by atoms with Gasteiger partial charge in [0.05, 0.1) is 13.2 Å². The van der Waals surface area contributed by atoms with Crippen LogP contribution in [0.15, 0.2) is 36.5 Å².